The zero-order valence-electron chi connectivity index (χ0n) is 17.6. The van der Waals surface area contributed by atoms with Crippen LogP contribution in [0.2, 0.25) is 0 Å². The molecule has 0 unspecified atom stereocenters. The number of benzene rings is 2. The van der Waals surface area contributed by atoms with Crippen molar-refractivity contribution < 1.29 is 24.0 Å². The average Bonchev–Trinajstić information content (AvgIpc) is 3.41. The third-order valence-electron chi connectivity index (χ3n) is 6.48. The molecular formula is C25H24N2O5. The maximum absolute atomic E-state index is 12.7. The van der Waals surface area contributed by atoms with Crippen LogP contribution in [-0.4, -0.2) is 46.9 Å². The quantitative estimate of drug-likeness (QED) is 0.635. The lowest BCUT2D eigenvalue weighted by atomic mass is 9.92. The van der Waals surface area contributed by atoms with E-state index < -0.39 is 5.97 Å². The van der Waals surface area contributed by atoms with Crippen molar-refractivity contribution in [3.63, 3.8) is 0 Å². The number of aromatic carboxylic acids is 1. The number of aromatic nitrogens is 1. The summed E-state index contributed by atoms with van der Waals surface area (Å²) < 4.78 is 10.9. The van der Waals surface area contributed by atoms with Crippen LogP contribution in [0.1, 0.15) is 46.1 Å². The van der Waals surface area contributed by atoms with E-state index in [4.69, 9.17) is 14.4 Å². The first kappa shape index (κ1) is 20.3. The van der Waals surface area contributed by atoms with E-state index in [1.807, 2.05) is 24.3 Å². The fourth-order valence-electron chi connectivity index (χ4n) is 4.80. The predicted octanol–water partition coefficient (Wildman–Crippen LogP) is 4.58. The van der Waals surface area contributed by atoms with Gasteiger partial charge in [-0.15, -0.1) is 0 Å². The molecular weight excluding hydrogens is 408 g/mol. The minimum absolute atomic E-state index is 0.0544. The normalized spacial score (nSPS) is 15.9. The lowest BCUT2D eigenvalue weighted by molar-refractivity contribution is 0.0685. The van der Waals surface area contributed by atoms with Gasteiger partial charge in [-0.05, 0) is 41.0 Å². The Labute approximate surface area is 185 Å². The van der Waals surface area contributed by atoms with Gasteiger partial charge in [0.15, 0.2) is 5.69 Å². The molecule has 1 aliphatic heterocycles. The highest BCUT2D eigenvalue weighted by Gasteiger charge is 2.31. The van der Waals surface area contributed by atoms with Crippen molar-refractivity contribution in [2.75, 3.05) is 19.7 Å². The zero-order chi connectivity index (χ0) is 22.1. The molecule has 2 aromatic carbocycles. The number of carbonyl (C=O) groups excluding carboxylic acids is 1. The van der Waals surface area contributed by atoms with Gasteiger partial charge in [0.2, 0.25) is 0 Å². The van der Waals surface area contributed by atoms with Crippen molar-refractivity contribution in [1.29, 1.82) is 0 Å². The highest BCUT2D eigenvalue weighted by atomic mass is 16.6. The third-order valence-corrected chi connectivity index (χ3v) is 6.48. The Balaban J connectivity index is 1.16. The molecule has 2 aliphatic rings. The first-order valence-corrected chi connectivity index (χ1v) is 10.9. The van der Waals surface area contributed by atoms with Crippen LogP contribution in [0, 0.1) is 5.92 Å². The maximum Gasteiger partial charge on any atom is 0.409 e. The highest BCUT2D eigenvalue weighted by molar-refractivity contribution is 5.85. The number of hydrogen-bond donors (Lipinski definition) is 1. The van der Waals surface area contributed by atoms with Crippen LogP contribution < -0.4 is 0 Å². The number of ether oxygens (including phenoxy) is 1. The van der Waals surface area contributed by atoms with Crippen molar-refractivity contribution in [3.05, 3.63) is 77.2 Å². The van der Waals surface area contributed by atoms with Gasteiger partial charge in [-0.2, -0.15) is 0 Å². The Morgan fingerprint density at radius 3 is 2.25 bits per heavy atom. The minimum atomic E-state index is -1.09. The van der Waals surface area contributed by atoms with Gasteiger partial charge >= 0.3 is 12.1 Å². The lowest BCUT2D eigenvalue weighted by Gasteiger charge is -2.31. The number of carboxylic acid groups (broad SMARTS) is 1. The first-order chi connectivity index (χ1) is 15.6. The van der Waals surface area contributed by atoms with Gasteiger partial charge in [0, 0.05) is 31.5 Å². The van der Waals surface area contributed by atoms with E-state index in [1.165, 1.54) is 28.3 Å². The Morgan fingerprint density at radius 1 is 1.03 bits per heavy atom. The topological polar surface area (TPSA) is 92.9 Å². The fourth-order valence-corrected chi connectivity index (χ4v) is 4.80. The summed E-state index contributed by atoms with van der Waals surface area (Å²) in [7, 11) is 0. The summed E-state index contributed by atoms with van der Waals surface area (Å²) in [4.78, 5) is 25.4. The Kier molecular flexibility index (Phi) is 5.39. The number of hydrogen-bond acceptors (Lipinski definition) is 5. The summed E-state index contributed by atoms with van der Waals surface area (Å²) in [6.07, 6.45) is 1.97. The van der Waals surface area contributed by atoms with Crippen molar-refractivity contribution in [2.24, 2.45) is 5.92 Å². The number of nitrogens with zero attached hydrogens (tertiary/aromatic N) is 2. The van der Waals surface area contributed by atoms with E-state index in [-0.39, 0.29) is 17.7 Å². The molecule has 1 fully saturated rings. The SMILES string of the molecule is O=C(O)c1cc(CC2CCN(C(=O)OCC3c4ccccc4-c4ccccc43)CC2)on1. The summed E-state index contributed by atoms with van der Waals surface area (Å²) in [5.74, 6) is -0.145. The molecule has 3 aromatic rings. The molecule has 0 bridgehead atoms. The molecule has 0 spiro atoms. The molecule has 164 valence electrons. The first-order valence-electron chi connectivity index (χ1n) is 10.9. The van der Waals surface area contributed by atoms with Crippen molar-refractivity contribution >= 4 is 12.1 Å². The molecule has 32 heavy (non-hydrogen) atoms. The molecule has 7 nitrogen and oxygen atoms in total. The average molecular weight is 432 g/mol. The number of amides is 1. The largest absolute Gasteiger partial charge is 0.476 e. The van der Waals surface area contributed by atoms with Crippen LogP contribution in [0.5, 0.6) is 0 Å². The summed E-state index contributed by atoms with van der Waals surface area (Å²) in [6.45, 7) is 1.55. The van der Waals surface area contributed by atoms with Crippen LogP contribution >= 0.6 is 0 Å². The number of carboxylic acids is 1. The lowest BCUT2D eigenvalue weighted by Crippen LogP contribution is -2.39. The standard InChI is InChI=1S/C25H24N2O5/c28-24(29)23-14-17(32-26-23)13-16-9-11-27(12-10-16)25(30)31-15-22-20-7-3-1-5-18(20)19-6-2-4-8-21(19)22/h1-8,14,16,22H,9-13,15H2,(H,28,29). The van der Waals surface area contributed by atoms with E-state index in [1.54, 1.807) is 4.90 Å². The number of carbonyl (C=O) groups is 2. The van der Waals surface area contributed by atoms with Gasteiger partial charge in [0.1, 0.15) is 12.4 Å². The molecule has 0 radical (unpaired) electrons. The molecule has 1 N–H and O–H groups in total. The Morgan fingerprint density at radius 2 is 1.66 bits per heavy atom. The number of piperidine rings is 1. The van der Waals surface area contributed by atoms with Crippen LogP contribution in [-0.2, 0) is 11.2 Å². The molecule has 1 aromatic heterocycles. The minimum Gasteiger partial charge on any atom is -0.476 e. The van der Waals surface area contributed by atoms with E-state index in [0.717, 1.165) is 12.8 Å². The summed E-state index contributed by atoms with van der Waals surface area (Å²) in [5.41, 5.74) is 4.75. The second kappa shape index (κ2) is 8.49. The Hall–Kier alpha value is -3.61. The second-order valence-electron chi connectivity index (χ2n) is 8.42. The van der Waals surface area contributed by atoms with E-state index in [9.17, 15) is 9.59 Å². The van der Waals surface area contributed by atoms with Gasteiger partial charge in [-0.3, -0.25) is 0 Å². The van der Waals surface area contributed by atoms with E-state index in [0.29, 0.717) is 37.8 Å². The molecule has 7 heteroatoms. The molecule has 2 heterocycles. The van der Waals surface area contributed by atoms with E-state index in [2.05, 4.69) is 29.4 Å². The van der Waals surface area contributed by atoms with Crippen molar-refractivity contribution in [2.45, 2.75) is 25.2 Å². The zero-order valence-corrected chi connectivity index (χ0v) is 17.6. The number of likely N-dealkylation sites (tertiary alicyclic amines) is 1. The fraction of sp³-hybridized carbons (Fsp3) is 0.320. The molecule has 1 aliphatic carbocycles. The van der Waals surface area contributed by atoms with Crippen molar-refractivity contribution in [3.8, 4) is 11.1 Å². The monoisotopic (exact) mass is 432 g/mol. The molecule has 1 saturated heterocycles. The third kappa shape index (κ3) is 3.86. The van der Waals surface area contributed by atoms with Crippen LogP contribution in [0.3, 0.4) is 0 Å². The smallest absolute Gasteiger partial charge is 0.409 e. The van der Waals surface area contributed by atoms with Gasteiger partial charge in [0.05, 0.1) is 0 Å². The molecule has 5 rings (SSSR count). The molecule has 0 saturated carbocycles. The summed E-state index contributed by atoms with van der Waals surface area (Å²) in [6, 6.07) is 18.1. The van der Waals surface area contributed by atoms with Gasteiger partial charge < -0.3 is 19.3 Å². The number of fused-ring (bicyclic) bond motifs is 3. The van der Waals surface area contributed by atoms with Crippen molar-refractivity contribution in [1.82, 2.24) is 10.1 Å². The second-order valence-corrected chi connectivity index (χ2v) is 8.42. The van der Waals surface area contributed by atoms with Crippen LogP contribution in [0.4, 0.5) is 4.79 Å². The number of rotatable bonds is 5. The molecule has 0 atom stereocenters. The van der Waals surface area contributed by atoms with Crippen LogP contribution in [0.15, 0.2) is 59.1 Å². The maximum atomic E-state index is 12.7. The van der Waals surface area contributed by atoms with E-state index >= 15 is 0 Å². The van der Waals surface area contributed by atoms with Gasteiger partial charge in [-0.25, -0.2) is 9.59 Å². The van der Waals surface area contributed by atoms with Crippen LogP contribution in [0.25, 0.3) is 11.1 Å². The Bertz CT molecular complexity index is 1100. The predicted molar refractivity (Wildman–Crippen MR) is 117 cm³/mol. The highest BCUT2D eigenvalue weighted by Crippen LogP contribution is 2.44. The summed E-state index contributed by atoms with van der Waals surface area (Å²) in [5, 5.41) is 12.5. The van der Waals surface area contributed by atoms with Gasteiger partial charge in [-0.1, -0.05) is 53.7 Å². The van der Waals surface area contributed by atoms with Gasteiger partial charge in [0.25, 0.3) is 0 Å². The summed E-state index contributed by atoms with van der Waals surface area (Å²) >= 11 is 0. The molecule has 1 amide bonds.